The van der Waals surface area contributed by atoms with Crippen molar-refractivity contribution in [3.05, 3.63) is 208 Å². The molecule has 2 atom stereocenters. The Labute approximate surface area is 409 Å². The largest absolute Gasteiger partial charge is 0.487 e. The fourth-order valence-corrected chi connectivity index (χ4v) is 11.0. The molecule has 1 aromatic heterocycles. The van der Waals surface area contributed by atoms with Gasteiger partial charge < -0.3 is 35.4 Å². The molecule has 7 aromatic rings. The number of amides is 1. The van der Waals surface area contributed by atoms with Crippen LogP contribution >= 0.6 is 0 Å². The van der Waals surface area contributed by atoms with Crippen LogP contribution < -0.4 is 26.7 Å². The minimum atomic E-state index is -2.19. The Kier molecular flexibility index (Phi) is 15.6. The number of benzene rings is 6. The number of aryl methyl sites for hydroxylation is 1. The maximum atomic E-state index is 13.5. The molecule has 358 valence electrons. The van der Waals surface area contributed by atoms with Crippen LogP contribution in [-0.2, 0) is 34.1 Å². The van der Waals surface area contributed by atoms with E-state index in [2.05, 4.69) is 133 Å². The summed E-state index contributed by atoms with van der Waals surface area (Å²) >= 11 is 0. The number of H-pyrrole nitrogens is 1. The monoisotopic (exact) mass is 940 g/mol. The van der Waals surface area contributed by atoms with Crippen LogP contribution in [-0.4, -0.2) is 56.8 Å². The number of nitrogens with two attached hydrogens (primary N) is 1. The number of nitrogens with zero attached hydrogens (tertiary/aromatic N) is 1. The Balaban J connectivity index is 0.833. The Hall–Kier alpha value is -6.30. The van der Waals surface area contributed by atoms with E-state index < -0.39 is 13.7 Å². The smallest absolute Gasteiger partial charge is 0.248 e. The average molecular weight is 940 g/mol. The lowest BCUT2D eigenvalue weighted by molar-refractivity contribution is -0.123. The maximum Gasteiger partial charge on any atom is 0.248 e. The van der Waals surface area contributed by atoms with Gasteiger partial charge in [-0.3, -0.25) is 9.59 Å². The highest BCUT2D eigenvalue weighted by molar-refractivity contribution is 6.74. The summed E-state index contributed by atoms with van der Waals surface area (Å²) in [5, 5.41) is 8.24. The van der Waals surface area contributed by atoms with E-state index in [1.165, 1.54) is 11.1 Å². The fourth-order valence-electron chi connectivity index (χ4n) is 9.70. The van der Waals surface area contributed by atoms with E-state index in [1.54, 1.807) is 6.07 Å². The van der Waals surface area contributed by atoms with Crippen LogP contribution in [0.15, 0.2) is 169 Å². The molecule has 6 aromatic carbocycles. The molecule has 8 rings (SSSR count). The normalized spacial score (nSPS) is 15.0. The Morgan fingerprint density at radius 1 is 0.754 bits per heavy atom. The molecule has 69 heavy (non-hydrogen) atoms. The molecule has 10 heteroatoms. The lowest BCUT2D eigenvalue weighted by Gasteiger charge is -2.39. The van der Waals surface area contributed by atoms with Crippen molar-refractivity contribution in [2.45, 2.75) is 82.7 Å². The summed E-state index contributed by atoms with van der Waals surface area (Å²) in [5.74, 6) is 0.459. The van der Waals surface area contributed by atoms with Gasteiger partial charge in [-0.15, -0.1) is 0 Å². The summed E-state index contributed by atoms with van der Waals surface area (Å²) in [6, 6.07) is 55.2. The number of primary amides is 1. The van der Waals surface area contributed by atoms with E-state index in [0.717, 1.165) is 90.9 Å². The van der Waals surface area contributed by atoms with Gasteiger partial charge in [-0.1, -0.05) is 142 Å². The summed E-state index contributed by atoms with van der Waals surface area (Å²) in [4.78, 5) is 31.7. The number of pyridine rings is 1. The molecule has 0 bridgehead atoms. The summed E-state index contributed by atoms with van der Waals surface area (Å²) in [6.45, 7) is 15.9. The van der Waals surface area contributed by atoms with Crippen molar-refractivity contribution >= 4 is 36.5 Å². The highest BCUT2D eigenvalue weighted by atomic mass is 28.4. The van der Waals surface area contributed by atoms with E-state index in [-0.39, 0.29) is 28.5 Å². The summed E-state index contributed by atoms with van der Waals surface area (Å²) in [5.41, 5.74) is 14.7. The first-order chi connectivity index (χ1) is 33.3. The molecular formula is C59H69N5O4Si. The summed E-state index contributed by atoms with van der Waals surface area (Å²) in [6.07, 6.45) is 3.59. The van der Waals surface area contributed by atoms with Crippen LogP contribution in [0.3, 0.4) is 0 Å². The minimum Gasteiger partial charge on any atom is -0.487 e. The topological polar surface area (TPSA) is 122 Å². The number of likely N-dealkylation sites (tertiary alicyclic amines) is 1. The molecule has 2 heterocycles. The minimum absolute atomic E-state index is 0.0159. The number of anilines is 2. The zero-order chi connectivity index (χ0) is 48.4. The van der Waals surface area contributed by atoms with Gasteiger partial charge in [0.05, 0.1) is 11.6 Å². The van der Waals surface area contributed by atoms with E-state index in [9.17, 15) is 9.59 Å². The molecule has 0 spiro atoms. The van der Waals surface area contributed by atoms with Crippen LogP contribution in [0, 0.1) is 5.92 Å². The molecule has 0 radical (unpaired) electrons. The quantitative estimate of drug-likeness (QED) is 0.0418. The highest BCUT2D eigenvalue weighted by Crippen LogP contribution is 2.44. The molecule has 5 N–H and O–H groups in total. The van der Waals surface area contributed by atoms with Gasteiger partial charge in [0.1, 0.15) is 17.8 Å². The zero-order valence-electron chi connectivity index (χ0n) is 41.0. The van der Waals surface area contributed by atoms with E-state index in [4.69, 9.17) is 14.9 Å². The molecule has 0 unspecified atom stereocenters. The van der Waals surface area contributed by atoms with E-state index >= 15 is 0 Å². The summed E-state index contributed by atoms with van der Waals surface area (Å²) in [7, 11) is -2.19. The van der Waals surface area contributed by atoms with Gasteiger partial charge in [-0.2, -0.15) is 0 Å². The van der Waals surface area contributed by atoms with Gasteiger partial charge in [-0.05, 0) is 139 Å². The molecule has 1 aliphatic rings. The third kappa shape index (κ3) is 11.8. The second-order valence-electron chi connectivity index (χ2n) is 20.2. The predicted octanol–water partition coefficient (Wildman–Crippen LogP) is 11.5. The van der Waals surface area contributed by atoms with Crippen molar-refractivity contribution in [2.24, 2.45) is 11.7 Å². The maximum absolute atomic E-state index is 13.5. The van der Waals surface area contributed by atoms with Gasteiger partial charge in [0.2, 0.25) is 11.5 Å². The second-order valence-corrected chi connectivity index (χ2v) is 24.9. The first-order valence-corrected chi connectivity index (χ1v) is 27.5. The second kappa shape index (κ2) is 22.0. The number of rotatable bonds is 21. The first-order valence-electron chi connectivity index (χ1n) is 24.6. The van der Waals surface area contributed by atoms with Crippen molar-refractivity contribution in [1.29, 1.82) is 0 Å². The number of hydrogen-bond donors (Lipinski definition) is 4. The van der Waals surface area contributed by atoms with E-state index in [0.29, 0.717) is 24.4 Å². The average Bonchev–Trinajstić information content (AvgIpc) is 3.82. The predicted molar refractivity (Wildman–Crippen MR) is 285 cm³/mol. The lowest BCUT2D eigenvalue weighted by atomic mass is 9.64. The molecular weight excluding hydrogens is 871 g/mol. The summed E-state index contributed by atoms with van der Waals surface area (Å²) < 4.78 is 13.4. The number of carbonyl (C=O) groups is 1. The molecule has 9 nitrogen and oxygen atoms in total. The van der Waals surface area contributed by atoms with Crippen LogP contribution in [0.2, 0.25) is 18.1 Å². The first kappa shape index (κ1) is 49.1. The zero-order valence-corrected chi connectivity index (χ0v) is 42.0. The Morgan fingerprint density at radius 3 is 1.94 bits per heavy atom. The number of ether oxygens (including phenoxy) is 1. The number of fused-ring (bicyclic) bond motifs is 1. The molecule has 1 fully saturated rings. The molecule has 1 amide bonds. The Morgan fingerprint density at radius 2 is 1.35 bits per heavy atom. The van der Waals surface area contributed by atoms with Crippen LogP contribution in [0.5, 0.6) is 5.75 Å². The highest BCUT2D eigenvalue weighted by Gasteiger charge is 2.49. The number of carbonyl (C=O) groups excluding carboxylic acids is 1. The molecule has 0 saturated carbocycles. The van der Waals surface area contributed by atoms with Crippen molar-refractivity contribution in [3.63, 3.8) is 0 Å². The number of aromatic nitrogens is 1. The number of aromatic amines is 1. The van der Waals surface area contributed by atoms with Gasteiger partial charge in [0.15, 0.2) is 8.32 Å². The SMILES string of the molecule is CC(C)(C)[Si](C)(C)O[C@@H](CNCCc1ccc(Nc2ccc(CCCN3CC[C@@H](C(C(N)=O)(c4ccccc4)c4ccccc4)C3)cc2)cc1)c1ccc(OCc2ccccc2)c2[nH]c(=O)ccc12. The van der Waals surface area contributed by atoms with Crippen LogP contribution in [0.25, 0.3) is 10.9 Å². The third-order valence-electron chi connectivity index (χ3n) is 14.5. The number of hydrogen-bond acceptors (Lipinski definition) is 7. The van der Waals surface area contributed by atoms with Crippen LogP contribution in [0.4, 0.5) is 11.4 Å². The standard InChI is InChI=1S/C59H69N5O4Si/c1-58(2,3)69(4,5)68-54(51-31-33-53(56-52(51)32-34-55(65)63-56)67-42-45-16-9-6-10-17-45)40-61-37-35-44-25-29-50(30-26-44)62-49-27-23-43(24-28-49)18-15-38-64-39-36-48(41-64)59(57(60)66,46-19-11-7-12-20-46)47-21-13-8-14-22-47/h6-14,16-17,19-34,48,54,61-62H,15,18,35-42H2,1-5H3,(H2,60,66)(H,63,65)/t48-,54+/m1/s1. The Bertz CT molecular complexity index is 2770. The number of nitrogens with one attached hydrogen (secondary N) is 3. The molecule has 1 aliphatic heterocycles. The van der Waals surface area contributed by atoms with Crippen molar-refractivity contribution in [2.75, 3.05) is 38.0 Å². The van der Waals surface area contributed by atoms with Crippen molar-refractivity contribution < 1.29 is 14.0 Å². The van der Waals surface area contributed by atoms with Gasteiger partial charge in [0, 0.05) is 35.9 Å². The third-order valence-corrected chi connectivity index (χ3v) is 19.0. The lowest BCUT2D eigenvalue weighted by Crippen LogP contribution is -2.49. The van der Waals surface area contributed by atoms with E-state index in [1.807, 2.05) is 78.9 Å². The van der Waals surface area contributed by atoms with Gasteiger partial charge in [-0.25, -0.2) is 0 Å². The van der Waals surface area contributed by atoms with Crippen molar-refractivity contribution in [3.8, 4) is 5.75 Å². The van der Waals surface area contributed by atoms with Gasteiger partial charge in [0.25, 0.3) is 0 Å². The molecule has 0 aliphatic carbocycles. The van der Waals surface area contributed by atoms with Gasteiger partial charge >= 0.3 is 0 Å². The molecule has 1 saturated heterocycles. The fraction of sp³-hybridized carbons (Fsp3) is 0.322. The van der Waals surface area contributed by atoms with Crippen molar-refractivity contribution in [1.82, 2.24) is 15.2 Å². The van der Waals surface area contributed by atoms with Crippen LogP contribution in [0.1, 0.15) is 73.1 Å².